The highest BCUT2D eigenvalue weighted by Crippen LogP contribution is 2.44. The van der Waals surface area contributed by atoms with Crippen LogP contribution in [-0.2, 0) is 0 Å². The first-order valence-corrected chi connectivity index (χ1v) is 18.1. The van der Waals surface area contributed by atoms with Crippen molar-refractivity contribution in [1.29, 1.82) is 0 Å². The van der Waals surface area contributed by atoms with Gasteiger partial charge in [-0.1, -0.05) is 140 Å². The summed E-state index contributed by atoms with van der Waals surface area (Å²) in [6, 6.07) is 69.8. The SMILES string of the molecule is c1ccc(-c2nc(-c3ccccc3)nc(-c3cc4c(c5ccccc35)c3cc(N(c5ccccc5)c5ccccc5)ccc3n4-c3ccccc3)n2)cc1. The smallest absolute Gasteiger partial charge is 0.164 e. The van der Waals surface area contributed by atoms with Gasteiger partial charge >= 0.3 is 0 Å². The number of benzene rings is 8. The summed E-state index contributed by atoms with van der Waals surface area (Å²) in [7, 11) is 0. The van der Waals surface area contributed by atoms with Gasteiger partial charge in [-0.2, -0.15) is 0 Å². The molecule has 2 aromatic heterocycles. The molecule has 0 atom stereocenters. The molecule has 10 aromatic rings. The van der Waals surface area contributed by atoms with Crippen LogP contribution in [0.5, 0.6) is 0 Å². The zero-order valence-corrected chi connectivity index (χ0v) is 29.3. The number of rotatable bonds is 7. The fourth-order valence-corrected chi connectivity index (χ4v) is 7.58. The number of hydrogen-bond donors (Lipinski definition) is 0. The van der Waals surface area contributed by atoms with Crippen molar-refractivity contribution in [3.63, 3.8) is 0 Å². The van der Waals surface area contributed by atoms with E-state index in [1.165, 1.54) is 5.39 Å². The van der Waals surface area contributed by atoms with Crippen molar-refractivity contribution in [2.45, 2.75) is 0 Å². The van der Waals surface area contributed by atoms with Gasteiger partial charge in [0.05, 0.1) is 11.0 Å². The van der Waals surface area contributed by atoms with Crippen LogP contribution >= 0.6 is 0 Å². The maximum atomic E-state index is 5.18. The molecule has 0 unspecified atom stereocenters. The lowest BCUT2D eigenvalue weighted by molar-refractivity contribution is 1.08. The Labute approximate surface area is 313 Å². The molecule has 254 valence electrons. The molecule has 0 aliphatic carbocycles. The maximum Gasteiger partial charge on any atom is 0.164 e. The molecule has 0 fully saturated rings. The fraction of sp³-hybridized carbons (Fsp3) is 0. The Balaban J connectivity index is 1.28. The third kappa shape index (κ3) is 5.47. The topological polar surface area (TPSA) is 46.8 Å². The summed E-state index contributed by atoms with van der Waals surface area (Å²) in [5, 5.41) is 4.55. The van der Waals surface area contributed by atoms with Crippen LogP contribution in [0, 0.1) is 0 Å². The highest BCUT2D eigenvalue weighted by atomic mass is 15.1. The molecular formula is C49H33N5. The van der Waals surface area contributed by atoms with Crippen molar-refractivity contribution in [3.05, 3.63) is 200 Å². The summed E-state index contributed by atoms with van der Waals surface area (Å²) in [6.07, 6.45) is 0. The second kappa shape index (κ2) is 13.3. The van der Waals surface area contributed by atoms with Crippen LogP contribution in [0.4, 0.5) is 17.1 Å². The zero-order valence-electron chi connectivity index (χ0n) is 29.3. The molecule has 0 radical (unpaired) electrons. The molecular weight excluding hydrogens is 659 g/mol. The van der Waals surface area contributed by atoms with Gasteiger partial charge in [0.1, 0.15) is 0 Å². The molecule has 0 aliphatic heterocycles. The predicted molar refractivity (Wildman–Crippen MR) is 223 cm³/mol. The van der Waals surface area contributed by atoms with Gasteiger partial charge in [0.15, 0.2) is 17.5 Å². The number of aromatic nitrogens is 4. The first-order chi connectivity index (χ1) is 26.8. The van der Waals surface area contributed by atoms with Crippen molar-refractivity contribution in [2.75, 3.05) is 4.90 Å². The standard InChI is InChI=1S/C49H33N5/c1-6-18-34(19-7-1)47-50-48(35-20-8-2-9-21-35)52-49(51-47)42-33-45-46(41-29-17-16-28-40(41)42)43-32-39(30-31-44(43)54(45)38-26-14-5-15-27-38)53(36-22-10-3-11-23-36)37-24-12-4-13-25-37/h1-33H. The van der Waals surface area contributed by atoms with Gasteiger partial charge in [-0.25, -0.2) is 15.0 Å². The van der Waals surface area contributed by atoms with Crippen LogP contribution in [0.3, 0.4) is 0 Å². The monoisotopic (exact) mass is 691 g/mol. The van der Waals surface area contributed by atoms with E-state index in [-0.39, 0.29) is 0 Å². The van der Waals surface area contributed by atoms with E-state index in [9.17, 15) is 0 Å². The molecule has 0 bridgehead atoms. The third-order valence-corrected chi connectivity index (χ3v) is 10.00. The molecule has 0 aliphatic rings. The Kier molecular flexibility index (Phi) is 7.73. The summed E-state index contributed by atoms with van der Waals surface area (Å²) in [6.45, 7) is 0. The lowest BCUT2D eigenvalue weighted by Gasteiger charge is -2.25. The molecule has 0 saturated heterocycles. The van der Waals surface area contributed by atoms with E-state index in [1.54, 1.807) is 0 Å². The van der Waals surface area contributed by atoms with E-state index in [4.69, 9.17) is 15.0 Å². The number of hydrogen-bond acceptors (Lipinski definition) is 4. The highest BCUT2D eigenvalue weighted by Gasteiger charge is 2.22. The number of anilines is 3. The van der Waals surface area contributed by atoms with Gasteiger partial charge in [0, 0.05) is 50.2 Å². The summed E-state index contributed by atoms with van der Waals surface area (Å²) in [4.78, 5) is 17.7. The number of fused-ring (bicyclic) bond motifs is 5. The van der Waals surface area contributed by atoms with E-state index in [0.717, 1.165) is 66.6 Å². The minimum Gasteiger partial charge on any atom is -0.310 e. The molecule has 0 saturated carbocycles. The lowest BCUT2D eigenvalue weighted by Crippen LogP contribution is -2.09. The first kappa shape index (κ1) is 31.4. The number of para-hydroxylation sites is 3. The zero-order chi connectivity index (χ0) is 35.8. The summed E-state index contributed by atoms with van der Waals surface area (Å²) in [5.74, 6) is 1.91. The maximum absolute atomic E-state index is 5.18. The highest BCUT2D eigenvalue weighted by molar-refractivity contribution is 6.24. The normalized spacial score (nSPS) is 11.3. The fourth-order valence-electron chi connectivity index (χ4n) is 7.58. The largest absolute Gasteiger partial charge is 0.310 e. The van der Waals surface area contributed by atoms with Crippen LogP contribution in [0.1, 0.15) is 0 Å². The van der Waals surface area contributed by atoms with E-state index in [0.29, 0.717) is 17.5 Å². The Morgan fingerprint density at radius 3 is 1.41 bits per heavy atom. The molecule has 0 N–H and O–H groups in total. The minimum absolute atomic E-state index is 0.630. The van der Waals surface area contributed by atoms with Gasteiger partial charge in [-0.05, 0) is 71.4 Å². The average molecular weight is 692 g/mol. The molecule has 2 heterocycles. The first-order valence-electron chi connectivity index (χ1n) is 18.1. The van der Waals surface area contributed by atoms with Gasteiger partial charge in [-0.3, -0.25) is 0 Å². The van der Waals surface area contributed by atoms with Crippen molar-refractivity contribution in [2.24, 2.45) is 0 Å². The lowest BCUT2D eigenvalue weighted by atomic mass is 9.98. The summed E-state index contributed by atoms with van der Waals surface area (Å²) in [5.41, 5.74) is 9.39. The molecule has 8 aromatic carbocycles. The minimum atomic E-state index is 0.630. The van der Waals surface area contributed by atoms with Crippen LogP contribution in [0.2, 0.25) is 0 Å². The van der Waals surface area contributed by atoms with Crippen LogP contribution < -0.4 is 4.90 Å². The molecule has 10 rings (SSSR count). The predicted octanol–water partition coefficient (Wildman–Crippen LogP) is 12.6. The second-order valence-corrected chi connectivity index (χ2v) is 13.3. The Morgan fingerprint density at radius 1 is 0.352 bits per heavy atom. The van der Waals surface area contributed by atoms with Crippen molar-refractivity contribution in [1.82, 2.24) is 19.5 Å². The van der Waals surface area contributed by atoms with Gasteiger partial charge in [-0.15, -0.1) is 0 Å². The van der Waals surface area contributed by atoms with E-state index in [2.05, 4.69) is 149 Å². The van der Waals surface area contributed by atoms with E-state index >= 15 is 0 Å². The average Bonchev–Trinajstić information content (AvgIpc) is 3.59. The molecule has 0 amide bonds. The number of nitrogens with zero attached hydrogens (tertiary/aromatic N) is 5. The second-order valence-electron chi connectivity index (χ2n) is 13.3. The summed E-state index contributed by atoms with van der Waals surface area (Å²) < 4.78 is 2.37. The van der Waals surface area contributed by atoms with Crippen LogP contribution in [-0.4, -0.2) is 19.5 Å². The quantitative estimate of drug-likeness (QED) is 0.167. The van der Waals surface area contributed by atoms with Gasteiger partial charge < -0.3 is 9.47 Å². The third-order valence-electron chi connectivity index (χ3n) is 10.00. The van der Waals surface area contributed by atoms with Crippen molar-refractivity contribution >= 4 is 49.6 Å². The Hall–Kier alpha value is -7.37. The van der Waals surface area contributed by atoms with Crippen molar-refractivity contribution in [3.8, 4) is 39.9 Å². The van der Waals surface area contributed by atoms with Crippen LogP contribution in [0.25, 0.3) is 72.4 Å². The van der Waals surface area contributed by atoms with E-state index in [1.807, 2.05) is 60.7 Å². The van der Waals surface area contributed by atoms with E-state index < -0.39 is 0 Å². The summed E-state index contributed by atoms with van der Waals surface area (Å²) >= 11 is 0. The Bertz CT molecular complexity index is 2810. The molecule has 5 heteroatoms. The van der Waals surface area contributed by atoms with Crippen molar-refractivity contribution < 1.29 is 0 Å². The molecule has 54 heavy (non-hydrogen) atoms. The Morgan fingerprint density at radius 2 is 0.833 bits per heavy atom. The molecule has 0 spiro atoms. The van der Waals surface area contributed by atoms with Gasteiger partial charge in [0.2, 0.25) is 0 Å². The van der Waals surface area contributed by atoms with Crippen LogP contribution in [0.15, 0.2) is 200 Å². The van der Waals surface area contributed by atoms with Gasteiger partial charge in [0.25, 0.3) is 0 Å². The molecule has 5 nitrogen and oxygen atoms in total.